The Morgan fingerprint density at radius 2 is 2.09 bits per heavy atom. The van der Waals surface area contributed by atoms with Crippen molar-refractivity contribution >= 4 is 34.0 Å². The molecule has 2 heterocycles. The van der Waals surface area contributed by atoms with E-state index in [0.717, 1.165) is 28.0 Å². The molecule has 2 aromatic heterocycles. The normalized spacial score (nSPS) is 11.3. The number of carboxylic acids is 1. The van der Waals surface area contributed by atoms with Gasteiger partial charge >= 0.3 is 5.97 Å². The zero-order valence-corrected chi connectivity index (χ0v) is 12.8. The van der Waals surface area contributed by atoms with E-state index in [9.17, 15) is 14.9 Å². The van der Waals surface area contributed by atoms with Gasteiger partial charge in [0.05, 0.1) is 22.0 Å². The maximum absolute atomic E-state index is 10.8. The monoisotopic (exact) mass is 329 g/mol. The first-order valence-corrected chi connectivity index (χ1v) is 7.47. The Balaban J connectivity index is 2.14. The summed E-state index contributed by atoms with van der Waals surface area (Å²) in [5.41, 5.74) is 3.03. The number of carboxylic acid groups (broad SMARTS) is 1. The van der Waals surface area contributed by atoms with E-state index in [0.29, 0.717) is 5.69 Å². The van der Waals surface area contributed by atoms with Gasteiger partial charge < -0.3 is 5.11 Å². The number of non-ortho nitro benzene ring substituents is 1. The van der Waals surface area contributed by atoms with Crippen LogP contribution in [-0.2, 0) is 4.79 Å². The average Bonchev–Trinajstić information content (AvgIpc) is 3.03. The molecule has 0 amide bonds. The number of rotatable bonds is 4. The number of aromatic nitrogens is 2. The first-order chi connectivity index (χ1) is 11.0. The van der Waals surface area contributed by atoms with E-state index in [1.807, 2.05) is 9.78 Å². The summed E-state index contributed by atoms with van der Waals surface area (Å²) in [5.74, 6) is -1.04. The van der Waals surface area contributed by atoms with Crippen LogP contribution in [0, 0.1) is 17.0 Å². The molecule has 0 aliphatic heterocycles. The van der Waals surface area contributed by atoms with Crippen LogP contribution in [0.2, 0.25) is 0 Å². The summed E-state index contributed by atoms with van der Waals surface area (Å²) >= 11 is 1.43. The van der Waals surface area contributed by atoms with Crippen molar-refractivity contribution < 1.29 is 14.8 Å². The third-order valence-corrected chi connectivity index (χ3v) is 4.17. The minimum Gasteiger partial charge on any atom is -0.478 e. The molecule has 116 valence electrons. The maximum Gasteiger partial charge on any atom is 0.328 e. The number of aryl methyl sites for hydroxylation is 1. The fraction of sp³-hybridized carbons (Fsp3) is 0.0667. The van der Waals surface area contributed by atoms with Crippen LogP contribution < -0.4 is 0 Å². The second-order valence-electron chi connectivity index (χ2n) is 4.80. The molecule has 0 saturated carbocycles. The molecule has 0 radical (unpaired) electrons. The molecule has 0 spiro atoms. The van der Waals surface area contributed by atoms with Gasteiger partial charge in [-0.2, -0.15) is 0 Å². The van der Waals surface area contributed by atoms with E-state index < -0.39 is 10.9 Å². The van der Waals surface area contributed by atoms with Crippen LogP contribution in [0.15, 0.2) is 35.7 Å². The average molecular weight is 329 g/mol. The third-order valence-electron chi connectivity index (χ3n) is 3.34. The summed E-state index contributed by atoms with van der Waals surface area (Å²) in [7, 11) is 0. The molecule has 0 aliphatic carbocycles. The van der Waals surface area contributed by atoms with Crippen molar-refractivity contribution in [1.82, 2.24) is 9.38 Å². The van der Waals surface area contributed by atoms with E-state index in [4.69, 9.17) is 5.11 Å². The van der Waals surface area contributed by atoms with Crippen LogP contribution in [0.25, 0.3) is 22.3 Å². The second-order valence-corrected chi connectivity index (χ2v) is 5.63. The number of hydrogen-bond acceptors (Lipinski definition) is 5. The molecular formula is C15H11N3O4S. The Labute approximate surface area is 134 Å². The first kappa shape index (κ1) is 14.9. The lowest BCUT2D eigenvalue weighted by Gasteiger charge is -2.02. The SMILES string of the molecule is Cc1nc2scc(-c3ccc([N+](=O)[O-])cc3)n2c1/C=C/C(=O)O. The fourth-order valence-corrected chi connectivity index (χ4v) is 3.24. The summed E-state index contributed by atoms with van der Waals surface area (Å²) in [6.45, 7) is 1.81. The van der Waals surface area contributed by atoms with Crippen LogP contribution in [0.4, 0.5) is 5.69 Å². The van der Waals surface area contributed by atoms with E-state index >= 15 is 0 Å². The summed E-state index contributed by atoms with van der Waals surface area (Å²) in [6, 6.07) is 6.21. The van der Waals surface area contributed by atoms with Crippen LogP contribution in [0.5, 0.6) is 0 Å². The van der Waals surface area contributed by atoms with Gasteiger partial charge in [0.1, 0.15) is 0 Å². The van der Waals surface area contributed by atoms with Gasteiger partial charge in [-0.25, -0.2) is 9.78 Å². The highest BCUT2D eigenvalue weighted by Gasteiger charge is 2.14. The number of imidazole rings is 1. The highest BCUT2D eigenvalue weighted by molar-refractivity contribution is 7.15. The maximum atomic E-state index is 10.8. The largest absolute Gasteiger partial charge is 0.478 e. The third kappa shape index (κ3) is 2.71. The van der Waals surface area contributed by atoms with Gasteiger partial charge in [-0.1, -0.05) is 0 Å². The van der Waals surface area contributed by atoms with Crippen LogP contribution >= 0.6 is 11.3 Å². The molecule has 0 fully saturated rings. The highest BCUT2D eigenvalue weighted by Crippen LogP contribution is 2.30. The molecular weight excluding hydrogens is 318 g/mol. The van der Waals surface area contributed by atoms with Crippen molar-refractivity contribution in [2.24, 2.45) is 0 Å². The molecule has 0 atom stereocenters. The zero-order chi connectivity index (χ0) is 16.6. The molecule has 7 nitrogen and oxygen atoms in total. The Bertz CT molecular complexity index is 938. The molecule has 0 saturated heterocycles. The number of carbonyl (C=O) groups is 1. The van der Waals surface area contributed by atoms with Gasteiger partial charge in [-0.3, -0.25) is 14.5 Å². The quantitative estimate of drug-likeness (QED) is 0.449. The summed E-state index contributed by atoms with van der Waals surface area (Å²) in [4.78, 5) is 26.2. The predicted molar refractivity (Wildman–Crippen MR) is 86.6 cm³/mol. The van der Waals surface area contributed by atoms with Gasteiger partial charge in [-0.15, -0.1) is 11.3 Å². The predicted octanol–water partition coefficient (Wildman–Crippen LogP) is 3.38. The molecule has 1 aromatic carbocycles. The van der Waals surface area contributed by atoms with Crippen molar-refractivity contribution in [2.45, 2.75) is 6.92 Å². The molecule has 0 aliphatic rings. The molecule has 3 rings (SSSR count). The second kappa shape index (κ2) is 5.65. The fourth-order valence-electron chi connectivity index (χ4n) is 2.29. The molecule has 0 bridgehead atoms. The number of thiazole rings is 1. The number of hydrogen-bond donors (Lipinski definition) is 1. The number of nitrogens with zero attached hydrogens (tertiary/aromatic N) is 3. The number of fused-ring (bicyclic) bond motifs is 1. The molecule has 3 aromatic rings. The Kier molecular flexibility index (Phi) is 3.67. The molecule has 23 heavy (non-hydrogen) atoms. The lowest BCUT2D eigenvalue weighted by atomic mass is 10.1. The molecule has 1 N–H and O–H groups in total. The topological polar surface area (TPSA) is 97.7 Å². The van der Waals surface area contributed by atoms with Crippen molar-refractivity contribution in [3.63, 3.8) is 0 Å². The minimum atomic E-state index is -1.04. The van der Waals surface area contributed by atoms with Gasteiger partial charge in [0.25, 0.3) is 5.69 Å². The van der Waals surface area contributed by atoms with Crippen LogP contribution in [0.1, 0.15) is 11.4 Å². The first-order valence-electron chi connectivity index (χ1n) is 6.60. The number of nitro benzene ring substituents is 1. The highest BCUT2D eigenvalue weighted by atomic mass is 32.1. The number of aliphatic carboxylic acids is 1. The van der Waals surface area contributed by atoms with Gasteiger partial charge in [0, 0.05) is 23.6 Å². The summed E-state index contributed by atoms with van der Waals surface area (Å²) in [5, 5.41) is 21.5. The van der Waals surface area contributed by atoms with Gasteiger partial charge in [0.15, 0.2) is 4.96 Å². The van der Waals surface area contributed by atoms with Crippen molar-refractivity contribution in [3.05, 3.63) is 57.2 Å². The lowest BCUT2D eigenvalue weighted by Crippen LogP contribution is -1.93. The lowest BCUT2D eigenvalue weighted by molar-refractivity contribution is -0.384. The van der Waals surface area contributed by atoms with E-state index in [1.54, 1.807) is 19.1 Å². The van der Waals surface area contributed by atoms with Crippen LogP contribution in [-0.4, -0.2) is 25.4 Å². The van der Waals surface area contributed by atoms with Gasteiger partial charge in [-0.05, 0) is 30.7 Å². The van der Waals surface area contributed by atoms with E-state index in [-0.39, 0.29) is 5.69 Å². The Morgan fingerprint density at radius 3 is 2.70 bits per heavy atom. The standard InChI is InChI=1S/C15H11N3O4S/c1-9-12(6-7-14(19)20)17-13(8-23-15(17)16-9)10-2-4-11(5-3-10)18(21)22/h2-8H,1H3,(H,19,20)/b7-6+. The van der Waals surface area contributed by atoms with Crippen LogP contribution in [0.3, 0.4) is 0 Å². The zero-order valence-electron chi connectivity index (χ0n) is 12.0. The number of nitro groups is 1. The summed E-state index contributed by atoms with van der Waals surface area (Å²) < 4.78 is 1.85. The van der Waals surface area contributed by atoms with Crippen molar-refractivity contribution in [1.29, 1.82) is 0 Å². The van der Waals surface area contributed by atoms with E-state index in [1.165, 1.54) is 29.5 Å². The van der Waals surface area contributed by atoms with Crippen molar-refractivity contribution in [3.8, 4) is 11.3 Å². The number of benzene rings is 1. The van der Waals surface area contributed by atoms with Crippen molar-refractivity contribution in [2.75, 3.05) is 0 Å². The summed E-state index contributed by atoms with van der Waals surface area (Å²) in [6.07, 6.45) is 2.56. The minimum absolute atomic E-state index is 0.0213. The van der Waals surface area contributed by atoms with E-state index in [2.05, 4.69) is 4.98 Å². The van der Waals surface area contributed by atoms with Gasteiger partial charge in [0.2, 0.25) is 0 Å². The Morgan fingerprint density at radius 1 is 1.39 bits per heavy atom. The molecule has 8 heteroatoms. The Hall–Kier alpha value is -3.00. The smallest absolute Gasteiger partial charge is 0.328 e. The molecule has 0 unspecified atom stereocenters.